The summed E-state index contributed by atoms with van der Waals surface area (Å²) in [4.78, 5) is 25.6. The van der Waals surface area contributed by atoms with Gasteiger partial charge < -0.3 is 11.1 Å². The molecule has 2 aromatic heterocycles. The highest BCUT2D eigenvalue weighted by Gasteiger charge is 2.25. The number of fused-ring (bicyclic) bond motifs is 1. The number of nitrogens with two attached hydrogens (primary N) is 1. The van der Waals surface area contributed by atoms with Crippen LogP contribution in [0.1, 0.15) is 57.5 Å². The Kier molecular flexibility index (Phi) is 4.47. The number of amides is 2. The molecule has 0 spiro atoms. The van der Waals surface area contributed by atoms with E-state index in [1.54, 1.807) is 16.9 Å². The van der Waals surface area contributed by atoms with Gasteiger partial charge in [0.1, 0.15) is 10.7 Å². The minimum absolute atomic E-state index is 0.261. The molecule has 0 saturated heterocycles. The molecule has 23 heavy (non-hydrogen) atoms. The first-order valence-corrected chi connectivity index (χ1v) is 8.71. The van der Waals surface area contributed by atoms with Gasteiger partial charge in [-0.2, -0.15) is 5.10 Å². The first-order valence-electron chi connectivity index (χ1n) is 7.89. The van der Waals surface area contributed by atoms with Crippen LogP contribution in [0.3, 0.4) is 0 Å². The molecule has 0 saturated carbocycles. The van der Waals surface area contributed by atoms with Gasteiger partial charge in [0.2, 0.25) is 0 Å². The Morgan fingerprint density at radius 3 is 2.87 bits per heavy atom. The van der Waals surface area contributed by atoms with Gasteiger partial charge in [-0.3, -0.25) is 14.3 Å². The summed E-state index contributed by atoms with van der Waals surface area (Å²) in [5.74, 6) is -0.730. The lowest BCUT2D eigenvalue weighted by Gasteiger charge is -2.07. The van der Waals surface area contributed by atoms with Gasteiger partial charge in [-0.25, -0.2) is 0 Å². The minimum atomic E-state index is -0.469. The fraction of sp³-hybridized carbons (Fsp3) is 0.438. The molecule has 0 bridgehead atoms. The number of carbonyl (C=O) groups excluding carboxylic acids is 2. The summed E-state index contributed by atoms with van der Waals surface area (Å²) in [5, 5.41) is 7.53. The van der Waals surface area contributed by atoms with Crippen molar-refractivity contribution >= 4 is 28.2 Å². The van der Waals surface area contributed by atoms with Crippen molar-refractivity contribution in [2.24, 2.45) is 5.73 Å². The topological polar surface area (TPSA) is 90.0 Å². The standard InChI is InChI=1S/C16H20N4O2S/c1-2-20-11(8-9-18-20)15(22)19-16-13(14(17)21)10-6-4-3-5-7-12(10)23-16/h8-9H,2-7H2,1H3,(H2,17,21)(H,19,22). The average molecular weight is 332 g/mol. The number of hydrogen-bond donors (Lipinski definition) is 2. The predicted octanol–water partition coefficient (Wildman–Crippen LogP) is 2.58. The summed E-state index contributed by atoms with van der Waals surface area (Å²) in [5.41, 5.74) is 7.58. The molecular weight excluding hydrogens is 312 g/mol. The molecule has 3 rings (SSSR count). The van der Waals surface area contributed by atoms with E-state index < -0.39 is 5.91 Å². The van der Waals surface area contributed by atoms with Gasteiger partial charge in [-0.15, -0.1) is 11.3 Å². The van der Waals surface area contributed by atoms with Crippen LogP contribution in [0.2, 0.25) is 0 Å². The molecule has 1 aliphatic rings. The number of rotatable bonds is 4. The Labute approximate surface area is 138 Å². The van der Waals surface area contributed by atoms with Crippen LogP contribution >= 0.6 is 11.3 Å². The van der Waals surface area contributed by atoms with Crippen LogP contribution in [0, 0.1) is 0 Å². The molecular formula is C16H20N4O2S. The zero-order chi connectivity index (χ0) is 16.4. The fourth-order valence-corrected chi connectivity index (χ4v) is 4.33. The highest BCUT2D eigenvalue weighted by molar-refractivity contribution is 7.17. The van der Waals surface area contributed by atoms with Crippen LogP contribution in [-0.2, 0) is 19.4 Å². The molecule has 2 heterocycles. The Balaban J connectivity index is 1.94. The van der Waals surface area contributed by atoms with Crippen molar-refractivity contribution in [1.29, 1.82) is 0 Å². The molecule has 2 aromatic rings. The van der Waals surface area contributed by atoms with Crippen molar-refractivity contribution in [3.8, 4) is 0 Å². The molecule has 0 atom stereocenters. The fourth-order valence-electron chi connectivity index (χ4n) is 3.04. The quantitative estimate of drug-likeness (QED) is 0.843. The third kappa shape index (κ3) is 3.01. The van der Waals surface area contributed by atoms with E-state index in [1.807, 2.05) is 6.92 Å². The van der Waals surface area contributed by atoms with Gasteiger partial charge in [-0.05, 0) is 44.2 Å². The number of carbonyl (C=O) groups is 2. The van der Waals surface area contributed by atoms with E-state index in [4.69, 9.17) is 5.73 Å². The molecule has 0 radical (unpaired) electrons. The molecule has 7 heteroatoms. The Hall–Kier alpha value is -2.15. The van der Waals surface area contributed by atoms with E-state index >= 15 is 0 Å². The van der Waals surface area contributed by atoms with Gasteiger partial charge in [0, 0.05) is 17.6 Å². The van der Waals surface area contributed by atoms with Gasteiger partial charge in [0.25, 0.3) is 11.8 Å². The number of aromatic nitrogens is 2. The first kappa shape index (κ1) is 15.7. The molecule has 0 aromatic carbocycles. The predicted molar refractivity (Wildman–Crippen MR) is 90.0 cm³/mol. The molecule has 0 aliphatic heterocycles. The second kappa shape index (κ2) is 6.54. The summed E-state index contributed by atoms with van der Waals surface area (Å²) in [6, 6.07) is 1.67. The van der Waals surface area contributed by atoms with Crippen molar-refractivity contribution < 1.29 is 9.59 Å². The third-order valence-electron chi connectivity index (χ3n) is 4.14. The number of anilines is 1. The molecule has 6 nitrogen and oxygen atoms in total. The number of nitrogens with zero attached hydrogens (tertiary/aromatic N) is 2. The molecule has 0 unspecified atom stereocenters. The zero-order valence-electron chi connectivity index (χ0n) is 13.1. The largest absolute Gasteiger partial charge is 0.365 e. The van der Waals surface area contributed by atoms with E-state index in [-0.39, 0.29) is 5.91 Å². The van der Waals surface area contributed by atoms with Crippen molar-refractivity contribution in [1.82, 2.24) is 9.78 Å². The molecule has 122 valence electrons. The molecule has 3 N–H and O–H groups in total. The summed E-state index contributed by atoms with van der Waals surface area (Å²) in [7, 11) is 0. The molecule has 1 aliphatic carbocycles. The zero-order valence-corrected chi connectivity index (χ0v) is 13.9. The van der Waals surface area contributed by atoms with Crippen molar-refractivity contribution in [3.05, 3.63) is 34.0 Å². The Morgan fingerprint density at radius 1 is 1.35 bits per heavy atom. The monoisotopic (exact) mass is 332 g/mol. The Bertz CT molecular complexity index is 747. The average Bonchev–Trinajstić information content (AvgIpc) is 3.06. The van der Waals surface area contributed by atoms with Crippen LogP contribution in [-0.4, -0.2) is 21.6 Å². The lowest BCUT2D eigenvalue weighted by molar-refractivity contribution is 0.100. The van der Waals surface area contributed by atoms with Gasteiger partial charge in [-0.1, -0.05) is 6.42 Å². The highest BCUT2D eigenvalue weighted by Crippen LogP contribution is 2.37. The third-order valence-corrected chi connectivity index (χ3v) is 5.35. The smallest absolute Gasteiger partial charge is 0.274 e. The number of thiophene rings is 1. The van der Waals surface area contributed by atoms with Crippen LogP contribution in [0.15, 0.2) is 12.3 Å². The van der Waals surface area contributed by atoms with Gasteiger partial charge in [0.05, 0.1) is 5.56 Å². The van der Waals surface area contributed by atoms with E-state index in [9.17, 15) is 9.59 Å². The second-order valence-electron chi connectivity index (χ2n) is 5.62. The van der Waals surface area contributed by atoms with E-state index in [2.05, 4.69) is 10.4 Å². The SMILES string of the molecule is CCn1nccc1C(=O)Nc1sc2c(c1C(N)=O)CCCCC2. The van der Waals surface area contributed by atoms with Crippen LogP contribution in [0.5, 0.6) is 0 Å². The van der Waals surface area contributed by atoms with Crippen LogP contribution in [0.4, 0.5) is 5.00 Å². The summed E-state index contributed by atoms with van der Waals surface area (Å²) in [6.45, 7) is 2.53. The highest BCUT2D eigenvalue weighted by atomic mass is 32.1. The van der Waals surface area contributed by atoms with Crippen molar-refractivity contribution in [3.63, 3.8) is 0 Å². The summed E-state index contributed by atoms with van der Waals surface area (Å²) in [6.07, 6.45) is 6.73. The molecule has 2 amide bonds. The van der Waals surface area contributed by atoms with Crippen LogP contribution in [0.25, 0.3) is 0 Å². The van der Waals surface area contributed by atoms with E-state index in [1.165, 1.54) is 16.2 Å². The maximum atomic E-state index is 12.5. The van der Waals surface area contributed by atoms with Gasteiger partial charge in [0.15, 0.2) is 0 Å². The first-order chi connectivity index (χ1) is 11.1. The lowest BCUT2D eigenvalue weighted by atomic mass is 10.1. The van der Waals surface area contributed by atoms with E-state index in [0.717, 1.165) is 37.7 Å². The summed E-state index contributed by atoms with van der Waals surface area (Å²) >= 11 is 1.48. The maximum Gasteiger partial charge on any atom is 0.274 e. The van der Waals surface area contributed by atoms with Crippen molar-refractivity contribution in [2.75, 3.05) is 5.32 Å². The van der Waals surface area contributed by atoms with E-state index in [0.29, 0.717) is 22.8 Å². The lowest BCUT2D eigenvalue weighted by Crippen LogP contribution is -2.20. The van der Waals surface area contributed by atoms with Gasteiger partial charge >= 0.3 is 0 Å². The summed E-state index contributed by atoms with van der Waals surface area (Å²) < 4.78 is 1.62. The number of hydrogen-bond acceptors (Lipinski definition) is 4. The Morgan fingerprint density at radius 2 is 2.13 bits per heavy atom. The number of nitrogens with one attached hydrogen (secondary N) is 1. The van der Waals surface area contributed by atoms with Crippen molar-refractivity contribution in [2.45, 2.75) is 45.6 Å². The normalized spacial score (nSPS) is 14.1. The molecule has 0 fully saturated rings. The number of primary amides is 1. The van der Waals surface area contributed by atoms with Crippen LogP contribution < -0.4 is 11.1 Å². The number of aryl methyl sites for hydroxylation is 2. The maximum absolute atomic E-state index is 12.5. The minimum Gasteiger partial charge on any atom is -0.365 e. The second-order valence-corrected chi connectivity index (χ2v) is 6.72.